The van der Waals surface area contributed by atoms with Gasteiger partial charge in [-0.15, -0.1) is 0 Å². The molecule has 0 heterocycles. The molecule has 0 spiro atoms. The number of hydrogen-bond donors (Lipinski definition) is 2. The standard InChI is InChI=1S/C20H24Cl2N2O5/c1-3-27-8-9-28-19-16(21)10-14(11-17(19)22)29-12-13-6-4-5-7-15(13)18(20(23)25)24-26-2/h4-7,10-11,18,24H,3,8-9,12H2,1-2H3,(H2,23,25). The molecule has 9 heteroatoms. The number of ether oxygens (including phenoxy) is 3. The van der Waals surface area contributed by atoms with Crippen molar-refractivity contribution in [2.75, 3.05) is 26.9 Å². The van der Waals surface area contributed by atoms with Gasteiger partial charge >= 0.3 is 0 Å². The van der Waals surface area contributed by atoms with Gasteiger partial charge in [-0.2, -0.15) is 5.48 Å². The molecule has 29 heavy (non-hydrogen) atoms. The average Bonchev–Trinajstić information content (AvgIpc) is 2.69. The summed E-state index contributed by atoms with van der Waals surface area (Å²) < 4.78 is 16.6. The lowest BCUT2D eigenvalue weighted by atomic mass is 10.0. The van der Waals surface area contributed by atoms with E-state index in [1.807, 2.05) is 19.1 Å². The number of halogens is 2. The van der Waals surface area contributed by atoms with Crippen molar-refractivity contribution >= 4 is 29.1 Å². The van der Waals surface area contributed by atoms with Crippen molar-refractivity contribution in [2.45, 2.75) is 19.6 Å². The number of amides is 1. The van der Waals surface area contributed by atoms with Crippen molar-refractivity contribution in [3.05, 3.63) is 57.6 Å². The van der Waals surface area contributed by atoms with Crippen LogP contribution in [0.15, 0.2) is 36.4 Å². The van der Waals surface area contributed by atoms with Crippen LogP contribution < -0.4 is 20.7 Å². The minimum absolute atomic E-state index is 0.169. The highest BCUT2D eigenvalue weighted by atomic mass is 35.5. The molecule has 2 rings (SSSR count). The molecule has 1 amide bonds. The Morgan fingerprint density at radius 2 is 1.83 bits per heavy atom. The van der Waals surface area contributed by atoms with Crippen LogP contribution in [0.1, 0.15) is 24.1 Å². The van der Waals surface area contributed by atoms with Crippen molar-refractivity contribution in [1.82, 2.24) is 5.48 Å². The Kier molecular flexibility index (Phi) is 9.50. The lowest BCUT2D eigenvalue weighted by Gasteiger charge is -2.18. The van der Waals surface area contributed by atoms with Crippen molar-refractivity contribution in [3.63, 3.8) is 0 Å². The number of primary amides is 1. The fraction of sp³-hybridized carbons (Fsp3) is 0.350. The van der Waals surface area contributed by atoms with Crippen LogP contribution >= 0.6 is 23.2 Å². The minimum atomic E-state index is -0.812. The van der Waals surface area contributed by atoms with Gasteiger partial charge in [0.15, 0.2) is 5.75 Å². The number of nitrogens with two attached hydrogens (primary N) is 1. The number of carbonyl (C=O) groups is 1. The molecule has 0 saturated carbocycles. The Morgan fingerprint density at radius 1 is 1.14 bits per heavy atom. The molecule has 0 saturated heterocycles. The largest absolute Gasteiger partial charge is 0.489 e. The van der Waals surface area contributed by atoms with Crippen LogP contribution in [0.4, 0.5) is 0 Å². The monoisotopic (exact) mass is 442 g/mol. The summed E-state index contributed by atoms with van der Waals surface area (Å²) in [4.78, 5) is 16.6. The molecule has 0 radical (unpaired) electrons. The summed E-state index contributed by atoms with van der Waals surface area (Å²) in [6, 6.07) is 9.66. The van der Waals surface area contributed by atoms with E-state index in [2.05, 4.69) is 5.48 Å². The zero-order valence-corrected chi connectivity index (χ0v) is 17.8. The third-order valence-electron chi connectivity index (χ3n) is 3.93. The van der Waals surface area contributed by atoms with E-state index >= 15 is 0 Å². The summed E-state index contributed by atoms with van der Waals surface area (Å²) in [5, 5.41) is 0.654. The topological polar surface area (TPSA) is 92.0 Å². The Hall–Kier alpha value is -2.03. The summed E-state index contributed by atoms with van der Waals surface area (Å²) in [5.74, 6) is 0.264. The Bertz CT molecular complexity index is 796. The van der Waals surface area contributed by atoms with Gasteiger partial charge < -0.3 is 24.8 Å². The second kappa shape index (κ2) is 11.8. The summed E-state index contributed by atoms with van der Waals surface area (Å²) in [5.41, 5.74) is 9.46. The highest BCUT2D eigenvalue weighted by Gasteiger charge is 2.21. The van der Waals surface area contributed by atoms with Crippen molar-refractivity contribution in [1.29, 1.82) is 0 Å². The van der Waals surface area contributed by atoms with E-state index in [4.69, 9.17) is 48.0 Å². The first-order valence-corrected chi connectivity index (χ1v) is 9.71. The van der Waals surface area contributed by atoms with Crippen LogP contribution in [-0.4, -0.2) is 32.8 Å². The maximum Gasteiger partial charge on any atom is 0.241 e. The van der Waals surface area contributed by atoms with Crippen LogP contribution in [0, 0.1) is 0 Å². The van der Waals surface area contributed by atoms with Gasteiger partial charge in [-0.1, -0.05) is 47.5 Å². The van der Waals surface area contributed by atoms with Crippen LogP contribution in [0.2, 0.25) is 10.0 Å². The van der Waals surface area contributed by atoms with Crippen molar-refractivity contribution in [2.24, 2.45) is 5.73 Å². The fourth-order valence-electron chi connectivity index (χ4n) is 2.61. The summed E-state index contributed by atoms with van der Waals surface area (Å²) in [7, 11) is 1.41. The highest BCUT2D eigenvalue weighted by Crippen LogP contribution is 2.37. The predicted molar refractivity (Wildman–Crippen MR) is 111 cm³/mol. The number of hydroxylamine groups is 1. The molecule has 0 aromatic heterocycles. The number of carbonyl (C=O) groups excluding carboxylic acids is 1. The first-order chi connectivity index (χ1) is 14.0. The lowest BCUT2D eigenvalue weighted by Crippen LogP contribution is -2.33. The molecule has 1 unspecified atom stereocenters. The van der Waals surface area contributed by atoms with Crippen LogP contribution in [0.25, 0.3) is 0 Å². The second-order valence-electron chi connectivity index (χ2n) is 5.91. The quantitative estimate of drug-likeness (QED) is 0.384. The SMILES string of the molecule is CCOCCOc1c(Cl)cc(OCc2ccccc2C(NOC)C(N)=O)cc1Cl. The van der Waals surface area contributed by atoms with Gasteiger partial charge in [0, 0.05) is 18.7 Å². The van der Waals surface area contributed by atoms with Gasteiger partial charge in [0.05, 0.1) is 23.8 Å². The molecular weight excluding hydrogens is 419 g/mol. The zero-order chi connectivity index (χ0) is 21.2. The van der Waals surface area contributed by atoms with Gasteiger partial charge in [0.1, 0.15) is 25.0 Å². The molecule has 0 aliphatic carbocycles. The molecule has 0 aliphatic heterocycles. The molecule has 2 aromatic carbocycles. The molecule has 7 nitrogen and oxygen atoms in total. The summed E-state index contributed by atoms with van der Waals surface area (Å²) in [6.45, 7) is 3.45. The molecule has 2 aromatic rings. The normalized spacial score (nSPS) is 11.9. The highest BCUT2D eigenvalue weighted by molar-refractivity contribution is 6.37. The van der Waals surface area contributed by atoms with Crippen LogP contribution in [0.3, 0.4) is 0 Å². The first-order valence-electron chi connectivity index (χ1n) is 8.95. The van der Waals surface area contributed by atoms with Gasteiger partial charge in [-0.05, 0) is 18.1 Å². The third-order valence-corrected chi connectivity index (χ3v) is 4.49. The fourth-order valence-corrected chi connectivity index (χ4v) is 3.18. The maximum atomic E-state index is 11.8. The average molecular weight is 443 g/mol. The van der Waals surface area contributed by atoms with Gasteiger partial charge in [0.2, 0.25) is 5.91 Å². The van der Waals surface area contributed by atoms with Crippen LogP contribution in [-0.2, 0) is 21.0 Å². The van der Waals surface area contributed by atoms with E-state index < -0.39 is 11.9 Å². The second-order valence-corrected chi connectivity index (χ2v) is 6.72. The smallest absolute Gasteiger partial charge is 0.241 e. The van der Waals surface area contributed by atoms with E-state index in [0.29, 0.717) is 46.9 Å². The van der Waals surface area contributed by atoms with Crippen LogP contribution in [0.5, 0.6) is 11.5 Å². The van der Waals surface area contributed by atoms with Gasteiger partial charge in [0.25, 0.3) is 0 Å². The molecule has 3 N–H and O–H groups in total. The van der Waals surface area contributed by atoms with E-state index in [0.717, 1.165) is 5.56 Å². The Balaban J connectivity index is 2.11. The molecule has 0 bridgehead atoms. The van der Waals surface area contributed by atoms with Crippen molar-refractivity contribution in [3.8, 4) is 11.5 Å². The van der Waals surface area contributed by atoms with E-state index in [-0.39, 0.29) is 6.61 Å². The van der Waals surface area contributed by atoms with E-state index in [9.17, 15) is 4.79 Å². The molecular formula is C20H24Cl2N2O5. The van der Waals surface area contributed by atoms with Gasteiger partial charge in [-0.25, -0.2) is 0 Å². The molecule has 0 aliphatic rings. The predicted octanol–water partition coefficient (Wildman–Crippen LogP) is 3.67. The third kappa shape index (κ3) is 6.76. The number of rotatable bonds is 12. The lowest BCUT2D eigenvalue weighted by molar-refractivity contribution is -0.123. The first kappa shape index (κ1) is 23.3. The zero-order valence-electron chi connectivity index (χ0n) is 16.2. The number of hydrogen-bond acceptors (Lipinski definition) is 6. The Labute approximate surface area is 179 Å². The number of nitrogens with one attached hydrogen (secondary N) is 1. The summed E-state index contributed by atoms with van der Waals surface area (Å²) in [6.07, 6.45) is 0. The summed E-state index contributed by atoms with van der Waals surface area (Å²) >= 11 is 12.6. The molecule has 0 fully saturated rings. The van der Waals surface area contributed by atoms with E-state index in [1.54, 1.807) is 24.3 Å². The number of benzene rings is 2. The Morgan fingerprint density at radius 3 is 2.45 bits per heavy atom. The van der Waals surface area contributed by atoms with Crippen molar-refractivity contribution < 1.29 is 23.8 Å². The van der Waals surface area contributed by atoms with Gasteiger partial charge in [-0.3, -0.25) is 4.79 Å². The van der Waals surface area contributed by atoms with E-state index in [1.165, 1.54) is 7.11 Å². The minimum Gasteiger partial charge on any atom is -0.489 e. The molecule has 1 atom stereocenters. The molecule has 158 valence electrons. The maximum absolute atomic E-state index is 11.8.